The third kappa shape index (κ3) is 3.41. The topological polar surface area (TPSA) is 0 Å². The Labute approximate surface area is 61.1 Å². The maximum atomic E-state index is 11.6. The highest BCUT2D eigenvalue weighted by Gasteiger charge is 2.65. The third-order valence-electron chi connectivity index (χ3n) is 0.848. The van der Waals surface area contributed by atoms with Crippen LogP contribution in [0.1, 0.15) is 6.92 Å². The molecular formula is C5H7F5S. The second-order valence-electron chi connectivity index (χ2n) is 1.94. The van der Waals surface area contributed by atoms with Gasteiger partial charge < -0.3 is 0 Å². The Morgan fingerprint density at radius 2 is 1.55 bits per heavy atom. The fourth-order valence-electron chi connectivity index (χ4n) is 0.314. The molecule has 0 saturated heterocycles. The molecule has 0 saturated carbocycles. The summed E-state index contributed by atoms with van der Waals surface area (Å²) in [6, 6.07) is 0. The van der Waals surface area contributed by atoms with Gasteiger partial charge in [0.15, 0.2) is 0 Å². The van der Waals surface area contributed by atoms with Crippen LogP contribution in [0.15, 0.2) is 23.6 Å². The molecule has 0 N–H and O–H groups in total. The van der Waals surface area contributed by atoms with E-state index in [-0.39, 0.29) is 6.08 Å². The molecule has 0 spiro atoms. The molecule has 6 heteroatoms. The molecule has 0 bridgehead atoms. The minimum absolute atomic E-state index is 0.252. The third-order valence-corrected chi connectivity index (χ3v) is 1.98. The fourth-order valence-corrected chi connectivity index (χ4v) is 0.708. The van der Waals surface area contributed by atoms with E-state index in [4.69, 9.17) is 0 Å². The molecule has 11 heavy (non-hydrogen) atoms. The number of halogens is 5. The van der Waals surface area contributed by atoms with Crippen LogP contribution in [0.3, 0.4) is 0 Å². The summed E-state index contributed by atoms with van der Waals surface area (Å²) in [7, 11) is -9.45. The van der Waals surface area contributed by atoms with Crippen molar-refractivity contribution in [2.45, 2.75) is 6.92 Å². The summed E-state index contributed by atoms with van der Waals surface area (Å²) in [6.45, 7) is 3.45. The number of rotatable bonds is 2. The van der Waals surface area contributed by atoms with Crippen molar-refractivity contribution in [3.8, 4) is 0 Å². The SMILES string of the molecule is C=C(/C=C\C)S(F)(F)(F)(F)F. The van der Waals surface area contributed by atoms with E-state index < -0.39 is 15.1 Å². The van der Waals surface area contributed by atoms with E-state index in [9.17, 15) is 19.4 Å². The van der Waals surface area contributed by atoms with Crippen LogP contribution < -0.4 is 0 Å². The van der Waals surface area contributed by atoms with E-state index >= 15 is 0 Å². The maximum absolute atomic E-state index is 11.6. The normalized spacial score (nSPS) is 19.5. The van der Waals surface area contributed by atoms with Crippen LogP contribution in [-0.2, 0) is 0 Å². The van der Waals surface area contributed by atoms with Crippen LogP contribution in [0, 0.1) is 0 Å². The average molecular weight is 194 g/mol. The van der Waals surface area contributed by atoms with Gasteiger partial charge in [-0.1, -0.05) is 32.1 Å². The van der Waals surface area contributed by atoms with Crippen molar-refractivity contribution in [3.63, 3.8) is 0 Å². The molecule has 0 rings (SSSR count). The van der Waals surface area contributed by atoms with Crippen LogP contribution in [0.25, 0.3) is 0 Å². The smallest absolute Gasteiger partial charge is 0.0937 e. The number of hydrogen-bond donors (Lipinski definition) is 0. The summed E-state index contributed by atoms with van der Waals surface area (Å²) >= 11 is 0. The fraction of sp³-hybridized carbons (Fsp3) is 0.200. The van der Waals surface area contributed by atoms with Gasteiger partial charge in [-0.2, -0.15) is 0 Å². The van der Waals surface area contributed by atoms with E-state index in [1.807, 2.05) is 0 Å². The summed E-state index contributed by atoms with van der Waals surface area (Å²) in [5, 5.41) is 0. The van der Waals surface area contributed by atoms with Gasteiger partial charge in [0, 0.05) is 0 Å². The Balaban J connectivity index is 5.03. The van der Waals surface area contributed by atoms with E-state index in [1.165, 1.54) is 6.92 Å². The first kappa shape index (κ1) is 10.5. The lowest BCUT2D eigenvalue weighted by molar-refractivity contribution is 0.380. The Kier molecular flexibility index (Phi) is 1.71. The van der Waals surface area contributed by atoms with Gasteiger partial charge in [-0.25, -0.2) is 0 Å². The monoisotopic (exact) mass is 194 g/mol. The zero-order chi connectivity index (χ0) is 9.40. The molecule has 0 unspecified atom stereocenters. The van der Waals surface area contributed by atoms with Gasteiger partial charge in [0.1, 0.15) is 0 Å². The van der Waals surface area contributed by atoms with E-state index in [2.05, 4.69) is 6.58 Å². The van der Waals surface area contributed by atoms with Gasteiger partial charge in [0.05, 0.1) is 4.91 Å². The Hall–Kier alpha value is -0.520. The van der Waals surface area contributed by atoms with Crippen molar-refractivity contribution < 1.29 is 19.4 Å². The molecule has 0 radical (unpaired) electrons. The highest BCUT2D eigenvalue weighted by Crippen LogP contribution is 3.01. The standard InChI is InChI=1S/C5H7F5S/c1-3-4-5(2)11(6,7,8,9)10/h3-4H,2H2,1H3/b4-3-. The van der Waals surface area contributed by atoms with Gasteiger partial charge in [-0.15, -0.1) is 0 Å². The van der Waals surface area contributed by atoms with Gasteiger partial charge >= 0.3 is 10.2 Å². The van der Waals surface area contributed by atoms with Crippen molar-refractivity contribution in [1.82, 2.24) is 0 Å². The molecule has 0 aromatic heterocycles. The molecule has 0 nitrogen and oxygen atoms in total. The molecule has 0 fully saturated rings. The van der Waals surface area contributed by atoms with Crippen molar-refractivity contribution in [2.24, 2.45) is 0 Å². The lowest BCUT2D eigenvalue weighted by Crippen LogP contribution is -2.05. The summed E-state index contributed by atoms with van der Waals surface area (Å²) in [6.07, 6.45) is 1.11. The van der Waals surface area contributed by atoms with Crippen LogP contribution in [0.5, 0.6) is 0 Å². The summed E-state index contributed by atoms with van der Waals surface area (Å²) < 4.78 is 58.2. The van der Waals surface area contributed by atoms with Crippen LogP contribution >= 0.6 is 10.2 Å². The molecule has 0 aromatic rings. The molecule has 0 heterocycles. The van der Waals surface area contributed by atoms with Gasteiger partial charge in [-0.3, -0.25) is 0 Å². The zero-order valence-electron chi connectivity index (χ0n) is 5.66. The zero-order valence-corrected chi connectivity index (χ0v) is 6.48. The number of allylic oxidation sites excluding steroid dienone is 2. The summed E-state index contributed by atoms with van der Waals surface area (Å²) in [5.41, 5.74) is 0. The largest absolute Gasteiger partial charge is 0.309 e. The van der Waals surface area contributed by atoms with E-state index in [0.717, 1.165) is 6.08 Å². The molecule has 0 atom stereocenters. The van der Waals surface area contributed by atoms with Crippen LogP contribution in [0.2, 0.25) is 0 Å². The van der Waals surface area contributed by atoms with E-state index in [1.54, 1.807) is 0 Å². The maximum Gasteiger partial charge on any atom is 0.309 e. The molecule has 0 aromatic carbocycles. The predicted octanol–water partition coefficient (Wildman–Crippen LogP) is 4.37. The van der Waals surface area contributed by atoms with Crippen molar-refractivity contribution in [3.05, 3.63) is 23.6 Å². The Bertz CT molecular complexity index is 206. The summed E-state index contributed by atoms with van der Waals surface area (Å²) in [5.74, 6) is 0. The molecular weight excluding hydrogens is 187 g/mol. The molecule has 68 valence electrons. The first-order chi connectivity index (χ1) is 4.47. The lowest BCUT2D eigenvalue weighted by atomic mass is 10.5. The molecule has 0 aliphatic rings. The van der Waals surface area contributed by atoms with Gasteiger partial charge in [-0.05, 0) is 13.0 Å². The Morgan fingerprint density at radius 1 is 1.18 bits per heavy atom. The average Bonchev–Trinajstić information content (AvgIpc) is 1.60. The molecule has 0 aliphatic heterocycles. The second-order valence-corrected chi connectivity index (χ2v) is 4.40. The highest BCUT2D eigenvalue weighted by molar-refractivity contribution is 8.48. The van der Waals surface area contributed by atoms with Crippen molar-refractivity contribution >= 4 is 10.2 Å². The first-order valence-corrected chi connectivity index (χ1v) is 4.48. The van der Waals surface area contributed by atoms with Gasteiger partial charge in [0.2, 0.25) is 0 Å². The quantitative estimate of drug-likeness (QED) is 0.452. The van der Waals surface area contributed by atoms with Gasteiger partial charge in [0.25, 0.3) is 0 Å². The van der Waals surface area contributed by atoms with Crippen LogP contribution in [0.4, 0.5) is 19.4 Å². The predicted molar refractivity (Wildman–Crippen MR) is 37.1 cm³/mol. The minimum Gasteiger partial charge on any atom is -0.0937 e. The van der Waals surface area contributed by atoms with Crippen molar-refractivity contribution in [1.29, 1.82) is 0 Å². The highest BCUT2D eigenvalue weighted by atomic mass is 32.5. The minimum atomic E-state index is -9.45. The molecule has 0 aliphatic carbocycles. The second kappa shape index (κ2) is 1.80. The first-order valence-electron chi connectivity index (χ1n) is 2.53. The number of hydrogen-bond acceptors (Lipinski definition) is 0. The lowest BCUT2D eigenvalue weighted by Gasteiger charge is -2.40. The summed E-state index contributed by atoms with van der Waals surface area (Å²) in [4.78, 5) is -2.06. The molecule has 0 amide bonds. The van der Waals surface area contributed by atoms with E-state index in [0.29, 0.717) is 0 Å². The Morgan fingerprint density at radius 3 is 1.64 bits per heavy atom. The van der Waals surface area contributed by atoms with Crippen molar-refractivity contribution in [2.75, 3.05) is 0 Å². The van der Waals surface area contributed by atoms with Crippen LogP contribution in [-0.4, -0.2) is 0 Å².